The molecule has 0 atom stereocenters. The molecule has 0 unspecified atom stereocenters. The molecule has 1 heteroatoms. The average Bonchev–Trinajstić information content (AvgIpc) is 1.80. The van der Waals surface area contributed by atoms with Crippen molar-refractivity contribution in [2.75, 3.05) is 6.61 Å². The van der Waals surface area contributed by atoms with Crippen LogP contribution in [0.5, 0.6) is 0 Å². The van der Waals surface area contributed by atoms with Crippen LogP contribution in [0.2, 0.25) is 0 Å². The zero-order chi connectivity index (χ0) is 7.11. The third kappa shape index (κ3) is 7.70. The van der Waals surface area contributed by atoms with Crippen molar-refractivity contribution in [2.45, 2.75) is 20.3 Å². The Kier molecular flexibility index (Phi) is 5.64. The molecule has 1 radical (unpaired) electrons. The molecule has 1 nitrogen and oxygen atoms in total. The zero-order valence-corrected chi connectivity index (χ0v) is 6.26. The van der Waals surface area contributed by atoms with E-state index < -0.39 is 0 Å². The molecule has 0 aliphatic carbocycles. The Hall–Kier alpha value is -0.300. The van der Waals surface area contributed by atoms with Crippen LogP contribution in [0, 0.1) is 12.5 Å². The van der Waals surface area contributed by atoms with Crippen molar-refractivity contribution in [3.8, 4) is 0 Å². The monoisotopic (exact) mass is 127 g/mol. The second-order valence-corrected chi connectivity index (χ2v) is 2.43. The van der Waals surface area contributed by atoms with E-state index in [0.29, 0.717) is 0 Å². The van der Waals surface area contributed by atoms with Gasteiger partial charge >= 0.3 is 0 Å². The van der Waals surface area contributed by atoms with Gasteiger partial charge in [-0.3, -0.25) is 0 Å². The SMILES string of the molecule is C=C[CH]OCCC(C)C. The average molecular weight is 127 g/mol. The smallest absolute Gasteiger partial charge is 0.105 e. The van der Waals surface area contributed by atoms with Crippen molar-refractivity contribution in [1.29, 1.82) is 0 Å². The van der Waals surface area contributed by atoms with Crippen molar-refractivity contribution in [3.63, 3.8) is 0 Å². The Labute approximate surface area is 57.7 Å². The summed E-state index contributed by atoms with van der Waals surface area (Å²) in [5.74, 6) is 0.725. The largest absolute Gasteiger partial charge is 0.371 e. The second-order valence-electron chi connectivity index (χ2n) is 2.43. The maximum absolute atomic E-state index is 5.05. The lowest BCUT2D eigenvalue weighted by Gasteiger charge is -2.02. The van der Waals surface area contributed by atoms with Gasteiger partial charge in [0.05, 0.1) is 0 Å². The standard InChI is InChI=1S/C8H15O/c1-4-6-9-7-5-8(2)3/h4,6,8H,1,5,7H2,2-3H3. The van der Waals surface area contributed by atoms with E-state index in [1.807, 2.05) is 0 Å². The number of hydrogen-bond donors (Lipinski definition) is 0. The first kappa shape index (κ1) is 8.70. The van der Waals surface area contributed by atoms with Crippen molar-refractivity contribution >= 4 is 0 Å². The molecule has 0 N–H and O–H groups in total. The van der Waals surface area contributed by atoms with Crippen molar-refractivity contribution in [2.24, 2.45) is 5.92 Å². The normalized spacial score (nSPS) is 10.1. The van der Waals surface area contributed by atoms with Gasteiger partial charge in [-0.2, -0.15) is 0 Å². The molecule has 0 aromatic carbocycles. The lowest BCUT2D eigenvalue weighted by atomic mass is 10.1. The molecule has 0 aliphatic rings. The highest BCUT2D eigenvalue weighted by molar-refractivity contribution is 4.76. The molecule has 0 bridgehead atoms. The van der Waals surface area contributed by atoms with E-state index in [9.17, 15) is 0 Å². The highest BCUT2D eigenvalue weighted by Crippen LogP contribution is 1.99. The molecule has 0 fully saturated rings. The van der Waals surface area contributed by atoms with Crippen LogP contribution in [-0.2, 0) is 4.74 Å². The lowest BCUT2D eigenvalue weighted by Crippen LogP contribution is -1.95. The first-order valence-electron chi connectivity index (χ1n) is 3.33. The van der Waals surface area contributed by atoms with E-state index in [0.717, 1.165) is 18.9 Å². The fraction of sp³-hybridized carbons (Fsp3) is 0.625. The Morgan fingerprint density at radius 3 is 2.67 bits per heavy atom. The predicted molar refractivity (Wildman–Crippen MR) is 39.9 cm³/mol. The van der Waals surface area contributed by atoms with Crippen LogP contribution in [0.25, 0.3) is 0 Å². The van der Waals surface area contributed by atoms with Gasteiger partial charge < -0.3 is 4.74 Å². The maximum Gasteiger partial charge on any atom is 0.105 e. The molecule has 0 aliphatic heterocycles. The first-order valence-corrected chi connectivity index (χ1v) is 3.33. The van der Waals surface area contributed by atoms with Gasteiger partial charge in [-0.1, -0.05) is 19.9 Å². The molecule has 0 heterocycles. The van der Waals surface area contributed by atoms with E-state index >= 15 is 0 Å². The molecule has 53 valence electrons. The quantitative estimate of drug-likeness (QED) is 0.515. The summed E-state index contributed by atoms with van der Waals surface area (Å²) in [6.07, 6.45) is 2.77. The van der Waals surface area contributed by atoms with Gasteiger partial charge in [-0.15, -0.1) is 6.58 Å². The summed E-state index contributed by atoms with van der Waals surface area (Å²) in [5, 5.41) is 0. The Balaban J connectivity index is 2.82. The maximum atomic E-state index is 5.05. The molecule has 0 spiro atoms. The third-order valence-corrected chi connectivity index (χ3v) is 1.01. The van der Waals surface area contributed by atoms with E-state index in [4.69, 9.17) is 4.74 Å². The Morgan fingerprint density at radius 2 is 2.22 bits per heavy atom. The van der Waals surface area contributed by atoms with E-state index in [2.05, 4.69) is 20.4 Å². The van der Waals surface area contributed by atoms with Gasteiger partial charge in [0.25, 0.3) is 0 Å². The lowest BCUT2D eigenvalue weighted by molar-refractivity contribution is 0.198. The molecule has 0 amide bonds. The van der Waals surface area contributed by atoms with Crippen LogP contribution in [0.1, 0.15) is 20.3 Å². The molecule has 0 rings (SSSR count). The second kappa shape index (κ2) is 5.83. The van der Waals surface area contributed by atoms with Crippen LogP contribution < -0.4 is 0 Å². The van der Waals surface area contributed by atoms with Gasteiger partial charge in [0.15, 0.2) is 0 Å². The van der Waals surface area contributed by atoms with Gasteiger partial charge in [-0.05, 0) is 12.3 Å². The summed E-state index contributed by atoms with van der Waals surface area (Å²) in [6.45, 7) is 10.3. The number of ether oxygens (including phenoxy) is 1. The molecular weight excluding hydrogens is 112 g/mol. The molecular formula is C8H15O. The van der Waals surface area contributed by atoms with Crippen LogP contribution >= 0.6 is 0 Å². The van der Waals surface area contributed by atoms with Gasteiger partial charge in [0.1, 0.15) is 6.61 Å². The molecule has 0 aromatic heterocycles. The molecule has 0 saturated heterocycles. The minimum atomic E-state index is 0.725. The summed E-state index contributed by atoms with van der Waals surface area (Å²) in [5.41, 5.74) is 0. The van der Waals surface area contributed by atoms with Gasteiger partial charge in [-0.25, -0.2) is 0 Å². The van der Waals surface area contributed by atoms with Gasteiger partial charge in [0, 0.05) is 6.61 Å². The number of rotatable bonds is 5. The Morgan fingerprint density at radius 1 is 1.56 bits per heavy atom. The van der Waals surface area contributed by atoms with Crippen LogP contribution in [0.3, 0.4) is 0 Å². The molecule has 9 heavy (non-hydrogen) atoms. The van der Waals surface area contributed by atoms with E-state index in [1.165, 1.54) is 0 Å². The van der Waals surface area contributed by atoms with E-state index in [-0.39, 0.29) is 0 Å². The van der Waals surface area contributed by atoms with Crippen LogP contribution in [-0.4, -0.2) is 6.61 Å². The van der Waals surface area contributed by atoms with E-state index in [1.54, 1.807) is 12.7 Å². The summed E-state index contributed by atoms with van der Waals surface area (Å²) in [6, 6.07) is 0. The van der Waals surface area contributed by atoms with Crippen molar-refractivity contribution in [1.82, 2.24) is 0 Å². The number of hydrogen-bond acceptors (Lipinski definition) is 1. The van der Waals surface area contributed by atoms with Crippen molar-refractivity contribution in [3.05, 3.63) is 19.3 Å². The predicted octanol–water partition coefficient (Wildman–Crippen LogP) is 2.40. The molecule has 0 saturated carbocycles. The zero-order valence-electron chi connectivity index (χ0n) is 6.26. The highest BCUT2D eigenvalue weighted by atomic mass is 16.5. The molecule has 0 aromatic rings. The highest BCUT2D eigenvalue weighted by Gasteiger charge is 1.91. The van der Waals surface area contributed by atoms with Crippen LogP contribution in [0.15, 0.2) is 12.7 Å². The minimum absolute atomic E-state index is 0.725. The van der Waals surface area contributed by atoms with Crippen molar-refractivity contribution < 1.29 is 4.74 Å². The Bertz CT molecular complexity index is 67.0. The fourth-order valence-corrected chi connectivity index (χ4v) is 0.440. The first-order chi connectivity index (χ1) is 4.27. The topological polar surface area (TPSA) is 9.23 Å². The van der Waals surface area contributed by atoms with Gasteiger partial charge in [0.2, 0.25) is 0 Å². The summed E-state index contributed by atoms with van der Waals surface area (Å²) < 4.78 is 5.05. The fourth-order valence-electron chi connectivity index (χ4n) is 0.440. The third-order valence-electron chi connectivity index (χ3n) is 1.01. The summed E-state index contributed by atoms with van der Waals surface area (Å²) >= 11 is 0. The summed E-state index contributed by atoms with van der Waals surface area (Å²) in [7, 11) is 0. The van der Waals surface area contributed by atoms with Crippen LogP contribution in [0.4, 0.5) is 0 Å². The minimum Gasteiger partial charge on any atom is -0.371 e. The summed E-state index contributed by atoms with van der Waals surface area (Å²) in [4.78, 5) is 0.